The summed E-state index contributed by atoms with van der Waals surface area (Å²) < 4.78 is 3.99. The van der Waals surface area contributed by atoms with Gasteiger partial charge in [-0.25, -0.2) is 19.9 Å². The van der Waals surface area contributed by atoms with Crippen LogP contribution < -0.4 is 0 Å². The minimum atomic E-state index is -0.750. The highest BCUT2D eigenvalue weighted by Crippen LogP contribution is 2.43. The van der Waals surface area contributed by atoms with Crippen LogP contribution in [-0.2, 0) is 12.8 Å². The molecule has 7 rings (SSSR count). The molecule has 0 spiro atoms. The Labute approximate surface area is 333 Å². The quantitative estimate of drug-likeness (QED) is 0.0697. The SMILES string of the molecule is CCCCCCc1cc2c3nc4nc(-c5ccc(Br)cc5)c(-c5ccc(Br)cc5)nc4nc3c3cc(CCCCCC)sc3c2s1.ClC(Cl)Cl. The first kappa shape index (κ1) is 37.8. The van der Waals surface area contributed by atoms with E-state index < -0.39 is 4.30 Å². The molecule has 7 aromatic rings. The van der Waals surface area contributed by atoms with Crippen LogP contribution in [0.2, 0.25) is 0 Å². The number of hydrogen-bond acceptors (Lipinski definition) is 6. The van der Waals surface area contributed by atoms with Crippen molar-refractivity contribution in [3.8, 4) is 22.5 Å². The smallest absolute Gasteiger partial charge is 0.199 e. The van der Waals surface area contributed by atoms with Crippen LogP contribution in [-0.4, -0.2) is 24.2 Å². The number of aromatic nitrogens is 4. The van der Waals surface area contributed by atoms with Crippen LogP contribution in [0.25, 0.3) is 65.0 Å². The first-order valence-electron chi connectivity index (χ1n) is 17.1. The fraction of sp³-hybridized carbons (Fsp3) is 0.333. The molecule has 4 heterocycles. The number of fused-ring (bicyclic) bond motifs is 7. The number of benzene rings is 3. The zero-order valence-corrected chi connectivity index (χ0v) is 35.0. The third-order valence-electron chi connectivity index (χ3n) is 8.59. The highest BCUT2D eigenvalue weighted by molar-refractivity contribution is 9.10. The van der Waals surface area contributed by atoms with E-state index in [2.05, 4.69) is 82.1 Å². The molecule has 0 saturated heterocycles. The maximum atomic E-state index is 5.29. The lowest BCUT2D eigenvalue weighted by Crippen LogP contribution is -2.00. The molecule has 260 valence electrons. The van der Waals surface area contributed by atoms with Gasteiger partial charge < -0.3 is 0 Å². The highest BCUT2D eigenvalue weighted by atomic mass is 79.9. The van der Waals surface area contributed by atoms with E-state index in [1.807, 2.05) is 46.9 Å². The summed E-state index contributed by atoms with van der Waals surface area (Å²) in [6.07, 6.45) is 12.3. The lowest BCUT2D eigenvalue weighted by atomic mass is 10.0. The molecule has 0 saturated carbocycles. The number of rotatable bonds is 12. The molecule has 11 heteroatoms. The summed E-state index contributed by atoms with van der Waals surface area (Å²) in [7, 11) is 0. The normalized spacial score (nSPS) is 11.7. The van der Waals surface area contributed by atoms with Crippen LogP contribution >= 0.6 is 89.3 Å². The summed E-state index contributed by atoms with van der Waals surface area (Å²) >= 11 is 25.5. The average molecular weight is 892 g/mol. The fourth-order valence-electron chi connectivity index (χ4n) is 6.15. The summed E-state index contributed by atoms with van der Waals surface area (Å²) in [6.45, 7) is 4.55. The second kappa shape index (κ2) is 17.7. The maximum absolute atomic E-state index is 5.29. The van der Waals surface area contributed by atoms with Crippen molar-refractivity contribution in [2.24, 2.45) is 0 Å². The standard InChI is InChI=1S/C38H36Br2N4S2.CHCl3/c1-3-5-7-9-11-27-21-29-33-34(30-22-28(12-10-8-6-4-2)46-36(30)35(29)45-27)44-38-37(43-33)41-31(23-13-17-25(39)18-14-23)32(42-38)24-15-19-26(40)20-16-24;2-1(3)4/h13-22H,3-12H2,1-2H3;1H. The summed E-state index contributed by atoms with van der Waals surface area (Å²) in [5.74, 6) is 0. The third kappa shape index (κ3) is 8.99. The Balaban J connectivity index is 0.00000103. The van der Waals surface area contributed by atoms with E-state index in [0.717, 1.165) is 55.3 Å². The van der Waals surface area contributed by atoms with Crippen LogP contribution in [0.15, 0.2) is 69.6 Å². The number of thiophene rings is 2. The molecule has 0 aliphatic rings. The fourth-order valence-corrected chi connectivity index (χ4v) is 9.24. The van der Waals surface area contributed by atoms with E-state index in [1.165, 1.54) is 81.3 Å². The second-order valence-electron chi connectivity index (χ2n) is 12.3. The van der Waals surface area contributed by atoms with Gasteiger partial charge in [0.05, 0.1) is 20.8 Å². The van der Waals surface area contributed by atoms with E-state index in [-0.39, 0.29) is 0 Å². The maximum Gasteiger partial charge on any atom is 0.199 e. The Bertz CT molecular complexity index is 2060. The molecule has 0 amide bonds. The van der Waals surface area contributed by atoms with Crippen molar-refractivity contribution in [1.82, 2.24) is 19.9 Å². The van der Waals surface area contributed by atoms with Crippen LogP contribution in [0.4, 0.5) is 0 Å². The van der Waals surface area contributed by atoms with Crippen molar-refractivity contribution in [3.63, 3.8) is 0 Å². The number of unbranched alkanes of at least 4 members (excludes halogenated alkanes) is 6. The number of aryl methyl sites for hydroxylation is 2. The van der Waals surface area contributed by atoms with Crippen molar-refractivity contribution in [1.29, 1.82) is 0 Å². The van der Waals surface area contributed by atoms with Crippen molar-refractivity contribution in [2.45, 2.75) is 82.4 Å². The number of alkyl halides is 3. The topological polar surface area (TPSA) is 51.6 Å². The zero-order valence-electron chi connectivity index (χ0n) is 27.9. The molecule has 0 fully saturated rings. The molecule has 0 aliphatic carbocycles. The molecule has 0 unspecified atom stereocenters. The second-order valence-corrected chi connectivity index (χ2v) is 18.4. The Morgan fingerprint density at radius 3 is 1.30 bits per heavy atom. The first-order valence-corrected chi connectivity index (χ1v) is 21.6. The van der Waals surface area contributed by atoms with Gasteiger partial charge in [-0.15, -0.1) is 22.7 Å². The predicted octanol–water partition coefficient (Wildman–Crippen LogP) is 15.1. The van der Waals surface area contributed by atoms with E-state index in [4.69, 9.17) is 54.7 Å². The van der Waals surface area contributed by atoms with E-state index >= 15 is 0 Å². The van der Waals surface area contributed by atoms with E-state index in [1.54, 1.807) is 0 Å². The summed E-state index contributed by atoms with van der Waals surface area (Å²) in [6, 6.07) is 21.3. The average Bonchev–Trinajstić information content (AvgIpc) is 3.73. The molecule has 4 aromatic heterocycles. The lowest BCUT2D eigenvalue weighted by Gasteiger charge is -2.11. The Hall–Kier alpha value is -1.91. The largest absolute Gasteiger partial charge is 0.223 e. The van der Waals surface area contributed by atoms with Gasteiger partial charge in [-0.05, 0) is 62.1 Å². The monoisotopic (exact) mass is 888 g/mol. The van der Waals surface area contributed by atoms with Crippen LogP contribution in [0.3, 0.4) is 0 Å². The van der Waals surface area contributed by atoms with Crippen LogP contribution in [0, 0.1) is 0 Å². The molecule has 0 aliphatic heterocycles. The molecule has 0 atom stereocenters. The van der Waals surface area contributed by atoms with Gasteiger partial charge in [-0.1, -0.05) is 143 Å². The van der Waals surface area contributed by atoms with Gasteiger partial charge in [0.25, 0.3) is 0 Å². The molecular formula is C39H37Br2Cl3N4S2. The predicted molar refractivity (Wildman–Crippen MR) is 227 cm³/mol. The van der Waals surface area contributed by atoms with Gasteiger partial charge in [-0.2, -0.15) is 0 Å². The van der Waals surface area contributed by atoms with Crippen LogP contribution in [0.5, 0.6) is 0 Å². The van der Waals surface area contributed by atoms with Gasteiger partial charge in [0, 0.05) is 40.6 Å². The molecule has 0 N–H and O–H groups in total. The molecule has 50 heavy (non-hydrogen) atoms. The van der Waals surface area contributed by atoms with Gasteiger partial charge in [0.1, 0.15) is 11.0 Å². The number of nitrogens with zero attached hydrogens (tertiary/aromatic N) is 4. The van der Waals surface area contributed by atoms with Crippen molar-refractivity contribution < 1.29 is 0 Å². The Kier molecular flexibility index (Phi) is 13.4. The van der Waals surface area contributed by atoms with Crippen molar-refractivity contribution in [3.05, 3.63) is 79.4 Å². The summed E-state index contributed by atoms with van der Waals surface area (Å²) in [5, 5.41) is 2.41. The van der Waals surface area contributed by atoms with Crippen molar-refractivity contribution >= 4 is 132 Å². The first-order chi connectivity index (χ1) is 24.2. The molecule has 4 nitrogen and oxygen atoms in total. The van der Waals surface area contributed by atoms with Crippen molar-refractivity contribution in [2.75, 3.05) is 0 Å². The molecular weight excluding hydrogens is 855 g/mol. The minimum absolute atomic E-state index is 0.581. The van der Waals surface area contributed by atoms with Gasteiger partial charge in [-0.3, -0.25) is 0 Å². The summed E-state index contributed by atoms with van der Waals surface area (Å²) in [5.41, 5.74) is 6.64. The van der Waals surface area contributed by atoms with Crippen LogP contribution in [0.1, 0.15) is 75.0 Å². The lowest BCUT2D eigenvalue weighted by molar-refractivity contribution is 0.670. The Morgan fingerprint density at radius 2 is 0.940 bits per heavy atom. The Morgan fingerprint density at radius 1 is 0.560 bits per heavy atom. The molecule has 3 aromatic carbocycles. The molecule has 0 radical (unpaired) electrons. The zero-order chi connectivity index (χ0) is 35.2. The number of halogens is 5. The van der Waals surface area contributed by atoms with Gasteiger partial charge >= 0.3 is 0 Å². The van der Waals surface area contributed by atoms with Gasteiger partial charge in [0.2, 0.25) is 0 Å². The highest BCUT2D eigenvalue weighted by Gasteiger charge is 2.21. The number of hydrogen-bond donors (Lipinski definition) is 0. The van der Waals surface area contributed by atoms with E-state index in [9.17, 15) is 0 Å². The summed E-state index contributed by atoms with van der Waals surface area (Å²) in [4.78, 5) is 23.8. The molecule has 0 bridgehead atoms. The minimum Gasteiger partial charge on any atom is -0.223 e. The van der Waals surface area contributed by atoms with E-state index in [0.29, 0.717) is 11.3 Å². The third-order valence-corrected chi connectivity index (χ3v) is 12.2. The van der Waals surface area contributed by atoms with Gasteiger partial charge in [0.15, 0.2) is 15.6 Å².